The van der Waals surface area contributed by atoms with E-state index in [-0.39, 0.29) is 12.3 Å². The van der Waals surface area contributed by atoms with Gasteiger partial charge < -0.3 is 14.7 Å². The number of hydrogen-bond donors (Lipinski definition) is 2. The molecule has 0 radical (unpaired) electrons. The number of amides is 1. The highest BCUT2D eigenvalue weighted by atomic mass is 16.4. The van der Waals surface area contributed by atoms with Gasteiger partial charge in [-0.2, -0.15) is 0 Å². The van der Waals surface area contributed by atoms with Gasteiger partial charge in [0.25, 0.3) is 0 Å². The lowest BCUT2D eigenvalue weighted by Gasteiger charge is -2.06. The summed E-state index contributed by atoms with van der Waals surface area (Å²) in [5.74, 6) is 1.92. The summed E-state index contributed by atoms with van der Waals surface area (Å²) in [6.07, 6.45) is 2.41. The number of fused-ring (bicyclic) bond motifs is 1. The molecule has 0 saturated heterocycles. The summed E-state index contributed by atoms with van der Waals surface area (Å²) in [6.45, 7) is 0. The third kappa shape index (κ3) is 4.23. The Morgan fingerprint density at radius 2 is 1.74 bits per heavy atom. The van der Waals surface area contributed by atoms with Crippen molar-refractivity contribution in [2.45, 2.75) is 12.8 Å². The number of aromatic amines is 1. The van der Waals surface area contributed by atoms with Gasteiger partial charge in [-0.15, -0.1) is 0 Å². The third-order valence-electron chi connectivity index (χ3n) is 4.99. The Morgan fingerprint density at radius 1 is 0.935 bits per heavy atom. The molecule has 0 bridgehead atoms. The predicted octanol–water partition coefficient (Wildman–Crippen LogP) is 5.46. The van der Waals surface area contributed by atoms with Crippen LogP contribution in [0.1, 0.15) is 12.3 Å². The molecule has 2 heterocycles. The van der Waals surface area contributed by atoms with E-state index in [4.69, 9.17) is 4.42 Å². The van der Waals surface area contributed by atoms with Crippen LogP contribution < -0.4 is 5.32 Å². The zero-order valence-corrected chi connectivity index (χ0v) is 16.7. The lowest BCUT2D eigenvalue weighted by molar-refractivity contribution is -0.116. The van der Waals surface area contributed by atoms with Crippen molar-refractivity contribution in [3.63, 3.8) is 0 Å². The fourth-order valence-corrected chi connectivity index (χ4v) is 3.44. The molecule has 6 nitrogen and oxygen atoms in total. The van der Waals surface area contributed by atoms with E-state index in [0.717, 1.165) is 33.7 Å². The SMILES string of the molecule is O=C(CCc1ncc(-c2ccccc2)o1)Nc1cccc(-c2nc3ccccc3[nH]2)c1. The van der Waals surface area contributed by atoms with Gasteiger partial charge in [0.1, 0.15) is 5.82 Å². The summed E-state index contributed by atoms with van der Waals surface area (Å²) in [6, 6.07) is 25.3. The number of oxazole rings is 1. The molecule has 6 heteroatoms. The van der Waals surface area contributed by atoms with Crippen molar-refractivity contribution in [2.24, 2.45) is 0 Å². The van der Waals surface area contributed by atoms with E-state index in [9.17, 15) is 4.79 Å². The lowest BCUT2D eigenvalue weighted by Crippen LogP contribution is -2.12. The van der Waals surface area contributed by atoms with Crippen LogP contribution in [0.3, 0.4) is 0 Å². The fourth-order valence-electron chi connectivity index (χ4n) is 3.44. The molecule has 5 rings (SSSR count). The molecule has 1 amide bonds. The summed E-state index contributed by atoms with van der Waals surface area (Å²) in [5.41, 5.74) is 4.49. The molecular weight excluding hydrogens is 388 g/mol. The number of rotatable bonds is 6. The predicted molar refractivity (Wildman–Crippen MR) is 120 cm³/mol. The van der Waals surface area contributed by atoms with Crippen LogP contribution in [-0.2, 0) is 11.2 Å². The molecule has 0 fully saturated rings. The quantitative estimate of drug-likeness (QED) is 0.391. The maximum Gasteiger partial charge on any atom is 0.224 e. The summed E-state index contributed by atoms with van der Waals surface area (Å²) in [4.78, 5) is 24.7. The minimum atomic E-state index is -0.0961. The fraction of sp³-hybridized carbons (Fsp3) is 0.0800. The number of benzene rings is 3. The van der Waals surface area contributed by atoms with Crippen molar-refractivity contribution < 1.29 is 9.21 Å². The monoisotopic (exact) mass is 408 g/mol. The van der Waals surface area contributed by atoms with E-state index in [2.05, 4.69) is 20.3 Å². The molecule has 2 N–H and O–H groups in total. The first-order chi connectivity index (χ1) is 15.2. The Balaban J connectivity index is 1.23. The molecule has 31 heavy (non-hydrogen) atoms. The van der Waals surface area contributed by atoms with Crippen molar-refractivity contribution in [1.29, 1.82) is 0 Å². The van der Waals surface area contributed by atoms with Crippen LogP contribution in [-0.4, -0.2) is 20.9 Å². The first-order valence-corrected chi connectivity index (χ1v) is 10.1. The lowest BCUT2D eigenvalue weighted by atomic mass is 10.2. The molecule has 5 aromatic rings. The Hall–Kier alpha value is -4.19. The number of H-pyrrole nitrogens is 1. The minimum Gasteiger partial charge on any atom is -0.441 e. The zero-order valence-electron chi connectivity index (χ0n) is 16.7. The molecular formula is C25H20N4O2. The van der Waals surface area contributed by atoms with Gasteiger partial charge in [0, 0.05) is 29.7 Å². The maximum atomic E-state index is 12.4. The second-order valence-electron chi connectivity index (χ2n) is 7.22. The molecule has 0 aliphatic rings. The average Bonchev–Trinajstić information content (AvgIpc) is 3.46. The van der Waals surface area contributed by atoms with Gasteiger partial charge in [-0.1, -0.05) is 54.6 Å². The van der Waals surface area contributed by atoms with Crippen molar-refractivity contribution in [3.8, 4) is 22.7 Å². The first kappa shape index (κ1) is 18.8. The normalized spacial score (nSPS) is 11.0. The van der Waals surface area contributed by atoms with Crippen molar-refractivity contribution in [1.82, 2.24) is 15.0 Å². The summed E-state index contributed by atoms with van der Waals surface area (Å²) < 4.78 is 5.77. The molecule has 3 aromatic carbocycles. The number of anilines is 1. The molecule has 2 aromatic heterocycles. The number of aryl methyl sites for hydroxylation is 1. The molecule has 0 aliphatic carbocycles. The Morgan fingerprint density at radius 3 is 2.61 bits per heavy atom. The Labute approximate surface area is 179 Å². The van der Waals surface area contributed by atoms with Crippen molar-refractivity contribution in [2.75, 3.05) is 5.32 Å². The number of carbonyl (C=O) groups is 1. The number of carbonyl (C=O) groups excluding carboxylic acids is 1. The van der Waals surface area contributed by atoms with Crippen LogP contribution in [0.2, 0.25) is 0 Å². The topological polar surface area (TPSA) is 83.8 Å². The van der Waals surface area contributed by atoms with Gasteiger partial charge in [-0.05, 0) is 24.3 Å². The summed E-state index contributed by atoms with van der Waals surface area (Å²) >= 11 is 0. The van der Waals surface area contributed by atoms with Crippen molar-refractivity contribution in [3.05, 3.63) is 91.0 Å². The van der Waals surface area contributed by atoms with E-state index in [0.29, 0.717) is 18.1 Å². The summed E-state index contributed by atoms with van der Waals surface area (Å²) in [5, 5.41) is 2.94. The molecule has 152 valence electrons. The van der Waals surface area contributed by atoms with E-state index < -0.39 is 0 Å². The number of nitrogens with one attached hydrogen (secondary N) is 2. The Bertz CT molecular complexity index is 1300. The second-order valence-corrected chi connectivity index (χ2v) is 7.22. The number of imidazole rings is 1. The van der Waals surface area contributed by atoms with Crippen LogP contribution in [0, 0.1) is 0 Å². The second kappa shape index (κ2) is 8.28. The molecule has 0 saturated carbocycles. The minimum absolute atomic E-state index is 0.0961. The highest BCUT2D eigenvalue weighted by Crippen LogP contribution is 2.24. The van der Waals surface area contributed by atoms with E-state index in [1.165, 1.54) is 0 Å². The summed E-state index contributed by atoms with van der Waals surface area (Å²) in [7, 11) is 0. The number of aromatic nitrogens is 3. The van der Waals surface area contributed by atoms with Gasteiger partial charge in [0.15, 0.2) is 11.7 Å². The molecule has 0 spiro atoms. The van der Waals surface area contributed by atoms with Gasteiger partial charge in [0.2, 0.25) is 5.91 Å². The number of nitrogens with zero attached hydrogens (tertiary/aromatic N) is 2. The van der Waals surface area contributed by atoms with E-state index >= 15 is 0 Å². The van der Waals surface area contributed by atoms with Gasteiger partial charge >= 0.3 is 0 Å². The van der Waals surface area contributed by atoms with Crippen molar-refractivity contribution >= 4 is 22.6 Å². The highest BCUT2D eigenvalue weighted by Gasteiger charge is 2.10. The van der Waals surface area contributed by atoms with Crippen LogP contribution in [0.5, 0.6) is 0 Å². The van der Waals surface area contributed by atoms with E-state index in [1.54, 1.807) is 6.20 Å². The molecule has 0 aliphatic heterocycles. The molecule has 0 atom stereocenters. The van der Waals surface area contributed by atoms with Crippen LogP contribution in [0.25, 0.3) is 33.7 Å². The zero-order chi connectivity index (χ0) is 21.0. The van der Waals surface area contributed by atoms with Crippen LogP contribution >= 0.6 is 0 Å². The van der Waals surface area contributed by atoms with Gasteiger partial charge in [0.05, 0.1) is 17.2 Å². The van der Waals surface area contributed by atoms with Gasteiger partial charge in [-0.25, -0.2) is 9.97 Å². The van der Waals surface area contributed by atoms with Gasteiger partial charge in [-0.3, -0.25) is 4.79 Å². The van der Waals surface area contributed by atoms with Crippen LogP contribution in [0.15, 0.2) is 89.5 Å². The average molecular weight is 408 g/mol. The van der Waals surface area contributed by atoms with E-state index in [1.807, 2.05) is 78.9 Å². The Kier molecular flexibility index (Phi) is 5.02. The molecule has 0 unspecified atom stereocenters. The number of para-hydroxylation sites is 2. The first-order valence-electron chi connectivity index (χ1n) is 10.1. The maximum absolute atomic E-state index is 12.4. The standard InChI is InChI=1S/C25H20N4O2/c30-23(13-14-24-26-16-22(31-24)17-7-2-1-3-8-17)27-19-10-6-9-18(15-19)25-28-20-11-4-5-12-21(20)29-25/h1-12,15-16H,13-14H2,(H,27,30)(H,28,29). The third-order valence-corrected chi connectivity index (χ3v) is 4.99. The highest BCUT2D eigenvalue weighted by molar-refractivity contribution is 5.91. The largest absolute Gasteiger partial charge is 0.441 e. The number of hydrogen-bond acceptors (Lipinski definition) is 4. The van der Waals surface area contributed by atoms with Crippen LogP contribution in [0.4, 0.5) is 5.69 Å². The smallest absolute Gasteiger partial charge is 0.224 e.